The van der Waals surface area contributed by atoms with E-state index in [1.54, 1.807) is 12.1 Å². The lowest BCUT2D eigenvalue weighted by Gasteiger charge is -2.21. The van der Waals surface area contributed by atoms with Crippen molar-refractivity contribution in [2.45, 2.75) is 31.3 Å². The van der Waals surface area contributed by atoms with Gasteiger partial charge in [0.1, 0.15) is 6.61 Å². The Morgan fingerprint density at radius 1 is 1.38 bits per heavy atom. The molecule has 2 unspecified atom stereocenters. The molecule has 0 spiro atoms. The van der Waals surface area contributed by atoms with Gasteiger partial charge in [-0.1, -0.05) is 17.9 Å². The quantitative estimate of drug-likeness (QED) is 0.797. The highest BCUT2D eigenvalue weighted by atomic mass is 16.2. The third-order valence-corrected chi connectivity index (χ3v) is 4.36. The van der Waals surface area contributed by atoms with Crippen LogP contribution in [0.3, 0.4) is 0 Å². The number of nitrogens with one attached hydrogen (secondary N) is 1. The molecule has 2 saturated heterocycles. The highest BCUT2D eigenvalue weighted by Gasteiger charge is 2.37. The first-order valence-corrected chi connectivity index (χ1v) is 7.52. The molecule has 110 valence electrons. The summed E-state index contributed by atoms with van der Waals surface area (Å²) in [6.45, 7) is 2.09. The standard InChI is InChI=1S/C17H20N2O2/c20-11-3-5-13-4-1-6-14(12-13)17(21)18-15-8-10-19-9-2-7-16(15)19/h1,4,6,12,15-16,20H,2,7-11H2,(H,18,21). The van der Waals surface area contributed by atoms with Crippen LogP contribution < -0.4 is 5.32 Å². The lowest BCUT2D eigenvalue weighted by atomic mass is 10.1. The molecule has 0 aliphatic carbocycles. The Balaban J connectivity index is 1.68. The molecule has 1 aromatic rings. The summed E-state index contributed by atoms with van der Waals surface area (Å²) in [5.74, 6) is 5.41. The van der Waals surface area contributed by atoms with Crippen LogP contribution in [0.4, 0.5) is 0 Å². The molecule has 1 amide bonds. The first kappa shape index (κ1) is 14.1. The van der Waals surface area contributed by atoms with Crippen LogP contribution in [0, 0.1) is 11.8 Å². The number of aliphatic hydroxyl groups is 1. The first-order chi connectivity index (χ1) is 10.3. The number of rotatable bonds is 2. The maximum Gasteiger partial charge on any atom is 0.251 e. The van der Waals surface area contributed by atoms with Crippen LogP contribution in [-0.4, -0.2) is 47.7 Å². The minimum atomic E-state index is -0.171. The maximum atomic E-state index is 12.4. The van der Waals surface area contributed by atoms with Crippen LogP contribution in [-0.2, 0) is 0 Å². The molecular weight excluding hydrogens is 264 g/mol. The molecule has 4 nitrogen and oxygen atoms in total. The summed E-state index contributed by atoms with van der Waals surface area (Å²) in [5.41, 5.74) is 1.39. The van der Waals surface area contributed by atoms with Crippen LogP contribution >= 0.6 is 0 Å². The summed E-state index contributed by atoms with van der Waals surface area (Å²) in [5, 5.41) is 11.9. The summed E-state index contributed by atoms with van der Waals surface area (Å²) in [4.78, 5) is 14.9. The lowest BCUT2D eigenvalue weighted by molar-refractivity contribution is 0.0929. The van der Waals surface area contributed by atoms with Crippen molar-refractivity contribution < 1.29 is 9.90 Å². The van der Waals surface area contributed by atoms with Gasteiger partial charge in [-0.3, -0.25) is 9.69 Å². The van der Waals surface area contributed by atoms with E-state index < -0.39 is 0 Å². The molecule has 2 aliphatic rings. The van der Waals surface area contributed by atoms with E-state index in [2.05, 4.69) is 22.1 Å². The first-order valence-electron chi connectivity index (χ1n) is 7.52. The zero-order valence-electron chi connectivity index (χ0n) is 12.0. The number of hydrogen-bond donors (Lipinski definition) is 2. The Hall–Kier alpha value is -1.83. The molecule has 0 bridgehead atoms. The number of amides is 1. The summed E-state index contributed by atoms with van der Waals surface area (Å²) < 4.78 is 0. The predicted molar refractivity (Wildman–Crippen MR) is 80.9 cm³/mol. The van der Waals surface area contributed by atoms with Gasteiger partial charge < -0.3 is 10.4 Å². The second-order valence-electron chi connectivity index (χ2n) is 5.65. The molecule has 2 N–H and O–H groups in total. The van der Waals surface area contributed by atoms with Crippen LogP contribution in [0.1, 0.15) is 35.2 Å². The molecule has 1 aromatic carbocycles. The molecular formula is C17H20N2O2. The number of benzene rings is 1. The van der Waals surface area contributed by atoms with Gasteiger partial charge in [-0.15, -0.1) is 0 Å². The normalized spacial score (nSPS) is 24.2. The molecule has 0 saturated carbocycles. The Labute approximate surface area is 125 Å². The largest absolute Gasteiger partial charge is 0.384 e. The molecule has 2 aliphatic heterocycles. The topological polar surface area (TPSA) is 52.6 Å². The van der Waals surface area contributed by atoms with E-state index in [1.807, 2.05) is 12.1 Å². The fourth-order valence-electron chi connectivity index (χ4n) is 3.38. The second kappa shape index (κ2) is 6.30. The van der Waals surface area contributed by atoms with Crippen molar-refractivity contribution >= 4 is 5.91 Å². The van der Waals surface area contributed by atoms with Crippen molar-refractivity contribution in [2.24, 2.45) is 0 Å². The summed E-state index contributed by atoms with van der Waals surface area (Å²) >= 11 is 0. The maximum absolute atomic E-state index is 12.4. The third kappa shape index (κ3) is 3.10. The van der Waals surface area contributed by atoms with Gasteiger partial charge in [-0.25, -0.2) is 0 Å². The van der Waals surface area contributed by atoms with E-state index in [0.717, 1.165) is 18.5 Å². The van der Waals surface area contributed by atoms with E-state index in [0.29, 0.717) is 11.6 Å². The highest BCUT2D eigenvalue weighted by Crippen LogP contribution is 2.28. The summed E-state index contributed by atoms with van der Waals surface area (Å²) in [7, 11) is 0. The van der Waals surface area contributed by atoms with Gasteiger partial charge in [0, 0.05) is 29.8 Å². The summed E-state index contributed by atoms with van der Waals surface area (Å²) in [6, 6.07) is 8.04. The zero-order valence-corrected chi connectivity index (χ0v) is 12.0. The predicted octanol–water partition coefficient (Wildman–Crippen LogP) is 0.997. The van der Waals surface area contributed by atoms with Crippen molar-refractivity contribution in [3.8, 4) is 11.8 Å². The Bertz CT molecular complexity index is 588. The van der Waals surface area contributed by atoms with Crippen molar-refractivity contribution in [1.29, 1.82) is 0 Å². The van der Waals surface area contributed by atoms with Crippen LogP contribution in [0.25, 0.3) is 0 Å². The van der Waals surface area contributed by atoms with Gasteiger partial charge in [-0.2, -0.15) is 0 Å². The van der Waals surface area contributed by atoms with Crippen molar-refractivity contribution in [3.05, 3.63) is 35.4 Å². The number of hydrogen-bond acceptors (Lipinski definition) is 3. The molecule has 4 heteroatoms. The van der Waals surface area contributed by atoms with Gasteiger partial charge in [0.2, 0.25) is 0 Å². The average Bonchev–Trinajstić information content (AvgIpc) is 3.10. The number of carbonyl (C=O) groups is 1. The average molecular weight is 284 g/mol. The Kier molecular flexibility index (Phi) is 4.23. The number of carbonyl (C=O) groups excluding carboxylic acids is 1. The fraction of sp³-hybridized carbons (Fsp3) is 0.471. The molecule has 2 fully saturated rings. The van der Waals surface area contributed by atoms with E-state index in [1.165, 1.54) is 19.4 Å². The van der Waals surface area contributed by atoms with E-state index in [4.69, 9.17) is 5.11 Å². The van der Waals surface area contributed by atoms with Crippen LogP contribution in [0.2, 0.25) is 0 Å². The minimum absolute atomic E-state index is 0.0265. The molecule has 0 aromatic heterocycles. The van der Waals surface area contributed by atoms with Gasteiger partial charge in [-0.05, 0) is 44.0 Å². The second-order valence-corrected chi connectivity index (χ2v) is 5.65. The monoisotopic (exact) mass is 284 g/mol. The van der Waals surface area contributed by atoms with E-state index >= 15 is 0 Å². The van der Waals surface area contributed by atoms with E-state index in [-0.39, 0.29) is 18.6 Å². The van der Waals surface area contributed by atoms with Gasteiger partial charge in [0.05, 0.1) is 0 Å². The molecule has 2 atom stereocenters. The molecule has 21 heavy (non-hydrogen) atoms. The number of fused-ring (bicyclic) bond motifs is 1. The van der Waals surface area contributed by atoms with E-state index in [9.17, 15) is 4.79 Å². The third-order valence-electron chi connectivity index (χ3n) is 4.36. The van der Waals surface area contributed by atoms with Gasteiger partial charge in [0.25, 0.3) is 5.91 Å². The van der Waals surface area contributed by atoms with Crippen LogP contribution in [0.5, 0.6) is 0 Å². The number of nitrogens with zero attached hydrogens (tertiary/aromatic N) is 1. The minimum Gasteiger partial charge on any atom is -0.384 e. The van der Waals surface area contributed by atoms with Crippen molar-refractivity contribution in [1.82, 2.24) is 10.2 Å². The van der Waals surface area contributed by atoms with Gasteiger partial charge >= 0.3 is 0 Å². The van der Waals surface area contributed by atoms with Crippen LogP contribution in [0.15, 0.2) is 24.3 Å². The summed E-state index contributed by atoms with van der Waals surface area (Å²) in [6.07, 6.45) is 3.47. The van der Waals surface area contributed by atoms with Gasteiger partial charge in [0.15, 0.2) is 0 Å². The Morgan fingerprint density at radius 3 is 3.14 bits per heavy atom. The lowest BCUT2D eigenvalue weighted by Crippen LogP contribution is -2.42. The van der Waals surface area contributed by atoms with Crippen molar-refractivity contribution in [2.75, 3.05) is 19.7 Å². The Morgan fingerprint density at radius 2 is 2.29 bits per heavy atom. The molecule has 2 heterocycles. The molecule has 3 rings (SSSR count). The smallest absolute Gasteiger partial charge is 0.251 e. The number of aliphatic hydroxyl groups excluding tert-OH is 1. The highest BCUT2D eigenvalue weighted by molar-refractivity contribution is 5.94. The molecule has 0 radical (unpaired) electrons. The SMILES string of the molecule is O=C(NC1CCN2CCCC12)c1cccc(C#CCO)c1. The fourth-order valence-corrected chi connectivity index (χ4v) is 3.38. The zero-order chi connectivity index (χ0) is 14.7. The van der Waals surface area contributed by atoms with Crippen molar-refractivity contribution in [3.63, 3.8) is 0 Å².